The molecule has 1 aliphatic rings. The predicted octanol–water partition coefficient (Wildman–Crippen LogP) is 4.28. The second-order valence-electron chi connectivity index (χ2n) is 7.16. The highest BCUT2D eigenvalue weighted by molar-refractivity contribution is 5.85. The Morgan fingerprint density at radius 3 is 2.33 bits per heavy atom. The van der Waals surface area contributed by atoms with Gasteiger partial charge in [-0.05, 0) is 29.2 Å². The zero-order chi connectivity index (χ0) is 21.1. The predicted molar refractivity (Wildman–Crippen MR) is 113 cm³/mol. The Kier molecular flexibility index (Phi) is 5.52. The molecule has 0 radical (unpaired) electrons. The van der Waals surface area contributed by atoms with Crippen molar-refractivity contribution in [2.45, 2.75) is 32.2 Å². The van der Waals surface area contributed by atoms with Crippen LogP contribution in [-0.4, -0.2) is 33.6 Å². The number of nitrogens with zero attached hydrogens (tertiary/aromatic N) is 2. The Hall–Kier alpha value is -3.61. The largest absolute Gasteiger partial charge is 0.481 e. The summed E-state index contributed by atoms with van der Waals surface area (Å²) in [4.78, 5) is 23.4. The molecule has 1 amide bonds. The number of carboxylic acid groups (broad SMARTS) is 1. The molecule has 4 rings (SSSR count). The Balaban J connectivity index is 1.46. The monoisotopic (exact) mass is 405 g/mol. The maximum Gasteiger partial charge on any atom is 0.411 e. The summed E-state index contributed by atoms with van der Waals surface area (Å²) in [6.07, 6.45) is 1.19. The van der Waals surface area contributed by atoms with Gasteiger partial charge in [0.2, 0.25) is 0 Å². The number of benzene rings is 2. The first-order valence-electron chi connectivity index (χ1n) is 9.97. The number of ether oxygens (including phenoxy) is 1. The van der Waals surface area contributed by atoms with E-state index >= 15 is 0 Å². The molecule has 0 unspecified atom stereocenters. The number of rotatable bonds is 7. The van der Waals surface area contributed by atoms with Crippen LogP contribution in [0.1, 0.15) is 36.1 Å². The molecule has 0 fully saturated rings. The fraction of sp³-hybridized carbons (Fsp3) is 0.261. The van der Waals surface area contributed by atoms with Gasteiger partial charge in [0.05, 0.1) is 24.0 Å². The molecular formula is C23H23N3O4. The lowest BCUT2D eigenvalue weighted by Crippen LogP contribution is -2.19. The van der Waals surface area contributed by atoms with Crippen molar-refractivity contribution in [2.24, 2.45) is 0 Å². The van der Waals surface area contributed by atoms with Crippen LogP contribution in [0.2, 0.25) is 0 Å². The molecule has 0 spiro atoms. The lowest BCUT2D eigenvalue weighted by atomic mass is 9.98. The van der Waals surface area contributed by atoms with Crippen LogP contribution in [0.3, 0.4) is 0 Å². The van der Waals surface area contributed by atoms with Gasteiger partial charge < -0.3 is 9.84 Å². The Morgan fingerprint density at radius 2 is 1.73 bits per heavy atom. The number of carbonyl (C=O) groups excluding carboxylic acids is 1. The molecule has 3 aromatic rings. The van der Waals surface area contributed by atoms with Gasteiger partial charge in [-0.2, -0.15) is 5.10 Å². The smallest absolute Gasteiger partial charge is 0.411 e. The minimum Gasteiger partial charge on any atom is -0.481 e. The number of carbonyl (C=O) groups is 2. The molecule has 0 atom stereocenters. The van der Waals surface area contributed by atoms with Crippen molar-refractivity contribution in [1.29, 1.82) is 0 Å². The third-order valence-electron chi connectivity index (χ3n) is 5.40. The number of hydrogen-bond donors (Lipinski definition) is 2. The lowest BCUT2D eigenvalue weighted by molar-refractivity contribution is -0.136. The minimum atomic E-state index is -0.897. The summed E-state index contributed by atoms with van der Waals surface area (Å²) in [7, 11) is 0. The van der Waals surface area contributed by atoms with E-state index in [2.05, 4.69) is 34.7 Å². The summed E-state index contributed by atoms with van der Waals surface area (Å²) in [5.41, 5.74) is 5.79. The van der Waals surface area contributed by atoms with Gasteiger partial charge in [0.25, 0.3) is 0 Å². The Morgan fingerprint density at radius 1 is 1.10 bits per heavy atom. The van der Waals surface area contributed by atoms with Gasteiger partial charge in [0.1, 0.15) is 6.61 Å². The number of nitrogens with one attached hydrogen (secondary N) is 1. The highest BCUT2D eigenvalue weighted by Crippen LogP contribution is 2.44. The number of hydrogen-bond acceptors (Lipinski definition) is 4. The number of aromatic nitrogens is 2. The van der Waals surface area contributed by atoms with Crippen LogP contribution in [0.4, 0.5) is 10.5 Å². The molecule has 1 heterocycles. The third kappa shape index (κ3) is 3.78. The Bertz CT molecular complexity index is 1040. The number of aryl methyl sites for hydroxylation is 1. The van der Waals surface area contributed by atoms with Gasteiger partial charge in [0.15, 0.2) is 0 Å². The van der Waals surface area contributed by atoms with E-state index in [-0.39, 0.29) is 25.4 Å². The van der Waals surface area contributed by atoms with Crippen molar-refractivity contribution in [1.82, 2.24) is 9.78 Å². The van der Waals surface area contributed by atoms with Crippen LogP contribution in [0.25, 0.3) is 11.1 Å². The molecule has 2 N–H and O–H groups in total. The van der Waals surface area contributed by atoms with Gasteiger partial charge in [0, 0.05) is 18.9 Å². The van der Waals surface area contributed by atoms with Crippen molar-refractivity contribution < 1.29 is 19.4 Å². The number of amides is 1. The van der Waals surface area contributed by atoms with Crippen molar-refractivity contribution in [3.05, 3.63) is 71.5 Å². The fourth-order valence-corrected chi connectivity index (χ4v) is 4.02. The minimum absolute atomic E-state index is 0.0204. The zero-order valence-corrected chi connectivity index (χ0v) is 16.7. The van der Waals surface area contributed by atoms with Crippen LogP contribution in [0.5, 0.6) is 0 Å². The molecular weight excluding hydrogens is 382 g/mol. The second-order valence-corrected chi connectivity index (χ2v) is 7.16. The average molecular weight is 405 g/mol. The first kappa shape index (κ1) is 19.7. The van der Waals surface area contributed by atoms with Crippen LogP contribution in [-0.2, 0) is 22.5 Å². The van der Waals surface area contributed by atoms with E-state index in [0.717, 1.165) is 11.1 Å². The summed E-state index contributed by atoms with van der Waals surface area (Å²) in [5, 5.41) is 15.9. The highest BCUT2D eigenvalue weighted by Gasteiger charge is 2.29. The van der Waals surface area contributed by atoms with Crippen molar-refractivity contribution in [3.8, 4) is 11.1 Å². The first-order valence-corrected chi connectivity index (χ1v) is 9.97. The normalized spacial score (nSPS) is 12.3. The molecule has 2 aromatic carbocycles. The van der Waals surface area contributed by atoms with E-state index in [9.17, 15) is 9.59 Å². The molecule has 1 aromatic heterocycles. The molecule has 1 aliphatic carbocycles. The number of anilines is 1. The number of carboxylic acids is 1. The zero-order valence-electron chi connectivity index (χ0n) is 16.7. The molecule has 0 aliphatic heterocycles. The van der Waals surface area contributed by atoms with Crippen molar-refractivity contribution in [2.75, 3.05) is 11.9 Å². The number of fused-ring (bicyclic) bond motifs is 3. The summed E-state index contributed by atoms with van der Waals surface area (Å²) in [6, 6.07) is 16.3. The van der Waals surface area contributed by atoms with Gasteiger partial charge in [-0.1, -0.05) is 48.5 Å². The quantitative estimate of drug-likeness (QED) is 0.612. The third-order valence-corrected chi connectivity index (χ3v) is 5.40. The van der Waals surface area contributed by atoms with Crippen LogP contribution >= 0.6 is 0 Å². The molecule has 30 heavy (non-hydrogen) atoms. The van der Waals surface area contributed by atoms with Gasteiger partial charge in [-0.3, -0.25) is 14.8 Å². The summed E-state index contributed by atoms with van der Waals surface area (Å²) < 4.78 is 7.25. The number of aliphatic carboxylic acids is 1. The molecule has 7 nitrogen and oxygen atoms in total. The first-order chi connectivity index (χ1) is 14.6. The topological polar surface area (TPSA) is 93.5 Å². The van der Waals surface area contributed by atoms with E-state index < -0.39 is 12.1 Å². The average Bonchev–Trinajstić information content (AvgIpc) is 3.29. The molecule has 7 heteroatoms. The van der Waals surface area contributed by atoms with Crippen molar-refractivity contribution >= 4 is 17.7 Å². The van der Waals surface area contributed by atoms with Gasteiger partial charge in [-0.15, -0.1) is 0 Å². The highest BCUT2D eigenvalue weighted by atomic mass is 16.5. The van der Waals surface area contributed by atoms with E-state index in [4.69, 9.17) is 9.84 Å². The maximum absolute atomic E-state index is 12.5. The van der Waals surface area contributed by atoms with Crippen molar-refractivity contribution in [3.63, 3.8) is 0 Å². The summed E-state index contributed by atoms with van der Waals surface area (Å²) in [5.74, 6) is -0.918. The summed E-state index contributed by atoms with van der Waals surface area (Å²) >= 11 is 0. The van der Waals surface area contributed by atoms with Gasteiger partial charge in [-0.25, -0.2) is 4.79 Å². The Labute approximate surface area is 174 Å². The fourth-order valence-electron chi connectivity index (χ4n) is 4.02. The van der Waals surface area contributed by atoms with Crippen LogP contribution in [0.15, 0.2) is 54.7 Å². The van der Waals surface area contributed by atoms with E-state index in [1.54, 1.807) is 4.68 Å². The lowest BCUT2D eigenvalue weighted by Gasteiger charge is -2.15. The van der Waals surface area contributed by atoms with Crippen LogP contribution in [0, 0.1) is 0 Å². The summed E-state index contributed by atoms with van der Waals surface area (Å²) in [6.45, 7) is 2.71. The van der Waals surface area contributed by atoms with E-state index in [1.165, 1.54) is 17.3 Å². The molecule has 0 saturated heterocycles. The molecule has 0 bridgehead atoms. The maximum atomic E-state index is 12.5. The van der Waals surface area contributed by atoms with E-state index in [1.807, 2.05) is 31.2 Å². The molecule has 0 saturated carbocycles. The van der Waals surface area contributed by atoms with Gasteiger partial charge >= 0.3 is 12.1 Å². The van der Waals surface area contributed by atoms with Crippen LogP contribution < -0.4 is 5.32 Å². The second kappa shape index (κ2) is 8.41. The van der Waals surface area contributed by atoms with E-state index in [0.29, 0.717) is 17.9 Å². The molecule has 154 valence electrons. The SMILES string of the molecule is CCn1ncc(NC(=O)OCC2c3ccccc3-c3ccccc32)c1CCC(=O)O. The standard InChI is InChI=1S/C23H23N3O4/c1-2-26-21(11-12-22(27)28)20(13-24-26)25-23(29)30-14-19-17-9-5-3-7-15(17)16-8-4-6-10-18(16)19/h3-10,13,19H,2,11-12,14H2,1H3,(H,25,29)(H,27,28).